The van der Waals surface area contributed by atoms with Gasteiger partial charge >= 0.3 is 6.18 Å². The summed E-state index contributed by atoms with van der Waals surface area (Å²) in [6.45, 7) is -0.294. The smallest absolute Gasteiger partial charge is 0.379 e. The third-order valence-corrected chi connectivity index (χ3v) is 3.29. The predicted molar refractivity (Wildman–Crippen MR) is 51.2 cm³/mol. The molecule has 98 valence electrons. The van der Waals surface area contributed by atoms with Crippen molar-refractivity contribution in [1.29, 1.82) is 0 Å². The molecule has 0 aromatic heterocycles. The van der Waals surface area contributed by atoms with Gasteiger partial charge < -0.3 is 14.7 Å². The van der Waals surface area contributed by atoms with Crippen LogP contribution in [0.2, 0.25) is 0 Å². The standard InChI is InChI=1S/C10H14F3NO3/c11-10(12,13)9(16)3-4-14(6-9)8(15)7-2-1-5-17-7/h7,16H,1-6H2. The minimum atomic E-state index is -4.70. The van der Waals surface area contributed by atoms with Gasteiger partial charge in [0.15, 0.2) is 5.60 Å². The van der Waals surface area contributed by atoms with Crippen molar-refractivity contribution in [2.24, 2.45) is 0 Å². The van der Waals surface area contributed by atoms with Crippen molar-refractivity contribution in [2.45, 2.75) is 37.1 Å². The lowest BCUT2D eigenvalue weighted by atomic mass is 10.0. The van der Waals surface area contributed by atoms with Crippen molar-refractivity contribution in [2.75, 3.05) is 19.7 Å². The summed E-state index contributed by atoms with van der Waals surface area (Å²) in [5.74, 6) is -0.442. The number of hydrogen-bond acceptors (Lipinski definition) is 3. The van der Waals surface area contributed by atoms with E-state index in [-0.39, 0.29) is 6.54 Å². The number of halogens is 3. The molecule has 2 unspecified atom stereocenters. The maximum atomic E-state index is 12.5. The molecule has 1 amide bonds. The Morgan fingerprint density at radius 2 is 2.18 bits per heavy atom. The van der Waals surface area contributed by atoms with Crippen LogP contribution in [0.1, 0.15) is 19.3 Å². The molecule has 0 bridgehead atoms. The number of hydrogen-bond donors (Lipinski definition) is 1. The van der Waals surface area contributed by atoms with E-state index in [1.807, 2.05) is 0 Å². The van der Waals surface area contributed by atoms with E-state index >= 15 is 0 Å². The minimum Gasteiger partial charge on any atom is -0.379 e. The molecule has 2 saturated heterocycles. The summed E-state index contributed by atoms with van der Waals surface area (Å²) in [5, 5.41) is 9.43. The summed E-state index contributed by atoms with van der Waals surface area (Å²) in [5.41, 5.74) is -2.76. The monoisotopic (exact) mass is 253 g/mol. The number of carbonyl (C=O) groups is 1. The molecular formula is C10H14F3NO3. The van der Waals surface area contributed by atoms with Gasteiger partial charge in [0.05, 0.1) is 6.54 Å². The van der Waals surface area contributed by atoms with E-state index in [2.05, 4.69) is 0 Å². The Balaban J connectivity index is 2.00. The van der Waals surface area contributed by atoms with Crippen molar-refractivity contribution >= 4 is 5.91 Å². The first-order valence-electron chi connectivity index (χ1n) is 5.53. The second kappa shape index (κ2) is 4.13. The van der Waals surface area contributed by atoms with Gasteiger partial charge in [0, 0.05) is 19.6 Å². The van der Waals surface area contributed by atoms with Gasteiger partial charge in [0.2, 0.25) is 0 Å². The molecule has 0 radical (unpaired) electrons. The quantitative estimate of drug-likeness (QED) is 0.748. The number of likely N-dealkylation sites (tertiary alicyclic amines) is 1. The highest BCUT2D eigenvalue weighted by Crippen LogP contribution is 2.38. The number of amides is 1. The zero-order valence-electron chi connectivity index (χ0n) is 9.16. The number of alkyl halides is 3. The molecule has 1 N–H and O–H groups in total. The van der Waals surface area contributed by atoms with Crippen LogP contribution in [0.25, 0.3) is 0 Å². The lowest BCUT2D eigenvalue weighted by Crippen LogP contribution is -2.49. The molecule has 0 saturated carbocycles. The van der Waals surface area contributed by atoms with Crippen LogP contribution in [0.15, 0.2) is 0 Å². The van der Waals surface area contributed by atoms with Crippen molar-refractivity contribution in [1.82, 2.24) is 4.90 Å². The average Bonchev–Trinajstić information content (AvgIpc) is 2.84. The van der Waals surface area contributed by atoms with E-state index in [4.69, 9.17) is 4.74 Å². The van der Waals surface area contributed by atoms with Gasteiger partial charge in [-0.3, -0.25) is 4.79 Å². The van der Waals surface area contributed by atoms with Crippen LogP contribution in [-0.2, 0) is 9.53 Å². The Morgan fingerprint density at radius 3 is 2.65 bits per heavy atom. The number of β-amino-alcohol motifs (C(OH)–C–C–N with tert-alkyl or cyclic N) is 1. The van der Waals surface area contributed by atoms with Crippen LogP contribution in [0.5, 0.6) is 0 Å². The zero-order valence-corrected chi connectivity index (χ0v) is 9.16. The van der Waals surface area contributed by atoms with Gasteiger partial charge in [-0.05, 0) is 12.8 Å². The van der Waals surface area contributed by atoms with Crippen molar-refractivity contribution in [3.8, 4) is 0 Å². The highest BCUT2D eigenvalue weighted by atomic mass is 19.4. The molecule has 7 heteroatoms. The topological polar surface area (TPSA) is 49.8 Å². The average molecular weight is 253 g/mol. The summed E-state index contributed by atoms with van der Waals surface area (Å²) in [6, 6.07) is 0. The maximum Gasteiger partial charge on any atom is 0.419 e. The largest absolute Gasteiger partial charge is 0.419 e. The second-order valence-corrected chi connectivity index (χ2v) is 4.54. The molecule has 2 atom stereocenters. The van der Waals surface area contributed by atoms with Gasteiger partial charge in [-0.15, -0.1) is 0 Å². The first-order chi connectivity index (χ1) is 7.83. The van der Waals surface area contributed by atoms with Crippen molar-refractivity contribution in [3.05, 3.63) is 0 Å². The molecule has 2 aliphatic rings. The van der Waals surface area contributed by atoms with Gasteiger partial charge in [-0.25, -0.2) is 0 Å². The first-order valence-corrected chi connectivity index (χ1v) is 5.53. The number of nitrogens with zero attached hydrogens (tertiary/aromatic N) is 1. The molecule has 0 aliphatic carbocycles. The molecule has 4 nitrogen and oxygen atoms in total. The second-order valence-electron chi connectivity index (χ2n) is 4.54. The first kappa shape index (κ1) is 12.6. The van der Waals surface area contributed by atoms with Crippen LogP contribution < -0.4 is 0 Å². The fourth-order valence-electron chi connectivity index (χ4n) is 2.19. The zero-order chi connectivity index (χ0) is 12.7. The number of rotatable bonds is 1. The van der Waals surface area contributed by atoms with Crippen LogP contribution in [-0.4, -0.2) is 53.5 Å². The van der Waals surface area contributed by atoms with Crippen LogP contribution in [0.4, 0.5) is 13.2 Å². The minimum absolute atomic E-state index is 0.0747. The van der Waals surface area contributed by atoms with Crippen LogP contribution in [0.3, 0.4) is 0 Å². The lowest BCUT2D eigenvalue weighted by molar-refractivity contribution is -0.253. The SMILES string of the molecule is O=C(C1CCCO1)N1CCC(O)(C(F)(F)F)C1. The summed E-state index contributed by atoms with van der Waals surface area (Å²) in [7, 11) is 0. The third-order valence-electron chi connectivity index (χ3n) is 3.29. The molecule has 2 aliphatic heterocycles. The predicted octanol–water partition coefficient (Wildman–Crippen LogP) is 0.691. The summed E-state index contributed by atoms with van der Waals surface area (Å²) >= 11 is 0. The Morgan fingerprint density at radius 1 is 1.47 bits per heavy atom. The van der Waals surface area contributed by atoms with E-state index in [1.54, 1.807) is 0 Å². The molecule has 0 aromatic rings. The lowest BCUT2D eigenvalue weighted by Gasteiger charge is -2.26. The summed E-state index contributed by atoms with van der Waals surface area (Å²) in [4.78, 5) is 12.8. The summed E-state index contributed by atoms with van der Waals surface area (Å²) < 4.78 is 42.7. The van der Waals surface area contributed by atoms with E-state index in [0.717, 1.165) is 11.3 Å². The van der Waals surface area contributed by atoms with E-state index < -0.39 is 36.8 Å². The molecule has 2 fully saturated rings. The van der Waals surface area contributed by atoms with Crippen molar-refractivity contribution in [3.63, 3.8) is 0 Å². The number of ether oxygens (including phenoxy) is 1. The number of aliphatic hydroxyl groups is 1. The Hall–Kier alpha value is -0.820. The Labute approximate surface area is 96.3 Å². The third kappa shape index (κ3) is 2.26. The van der Waals surface area contributed by atoms with Crippen molar-refractivity contribution < 1.29 is 27.8 Å². The fraction of sp³-hybridized carbons (Fsp3) is 0.900. The molecule has 0 aromatic carbocycles. The Bertz CT molecular complexity index is 314. The van der Waals surface area contributed by atoms with Crippen LogP contribution in [0, 0.1) is 0 Å². The fourth-order valence-corrected chi connectivity index (χ4v) is 2.19. The van der Waals surface area contributed by atoms with Crippen LogP contribution >= 0.6 is 0 Å². The normalized spacial score (nSPS) is 34.4. The van der Waals surface area contributed by atoms with Gasteiger partial charge in [0.25, 0.3) is 5.91 Å². The van der Waals surface area contributed by atoms with Gasteiger partial charge in [-0.2, -0.15) is 13.2 Å². The highest BCUT2D eigenvalue weighted by Gasteiger charge is 2.58. The van der Waals surface area contributed by atoms with E-state index in [0.29, 0.717) is 13.0 Å². The molecule has 0 spiro atoms. The molecule has 17 heavy (non-hydrogen) atoms. The highest BCUT2D eigenvalue weighted by molar-refractivity contribution is 5.81. The van der Waals surface area contributed by atoms with Gasteiger partial charge in [0.1, 0.15) is 6.10 Å². The maximum absolute atomic E-state index is 12.5. The van der Waals surface area contributed by atoms with Gasteiger partial charge in [-0.1, -0.05) is 0 Å². The van der Waals surface area contributed by atoms with E-state index in [1.165, 1.54) is 0 Å². The number of carbonyl (C=O) groups excluding carboxylic acids is 1. The molecule has 2 rings (SSSR count). The van der Waals surface area contributed by atoms with E-state index in [9.17, 15) is 23.1 Å². The summed E-state index contributed by atoms with van der Waals surface area (Å²) in [6.07, 6.45) is -4.51. The molecule has 2 heterocycles. The Kier molecular flexibility index (Phi) is 3.07. The molecular weight excluding hydrogens is 239 g/mol.